The Morgan fingerprint density at radius 1 is 1.00 bits per heavy atom. The number of aryl methyl sites for hydroxylation is 1. The van der Waals surface area contributed by atoms with E-state index in [1.165, 1.54) is 18.2 Å². The van der Waals surface area contributed by atoms with Gasteiger partial charge < -0.3 is 9.47 Å². The number of ketones is 1. The molecule has 1 heterocycles. The van der Waals surface area contributed by atoms with E-state index in [0.29, 0.717) is 33.8 Å². The van der Waals surface area contributed by atoms with Crippen LogP contribution in [0.2, 0.25) is 0 Å². The molecule has 5 heteroatoms. The van der Waals surface area contributed by atoms with Gasteiger partial charge in [-0.2, -0.15) is 0 Å². The first-order chi connectivity index (χ1) is 15.1. The maximum Gasteiger partial charge on any atom is 0.343 e. The highest BCUT2D eigenvalue weighted by atomic mass is 19.1. The lowest BCUT2D eigenvalue weighted by Gasteiger charge is -2.18. The lowest BCUT2D eigenvalue weighted by atomic mass is 9.87. The van der Waals surface area contributed by atoms with Gasteiger partial charge in [-0.25, -0.2) is 9.18 Å². The van der Waals surface area contributed by atoms with E-state index in [1.807, 2.05) is 12.1 Å². The second kappa shape index (κ2) is 8.08. The second-order valence-corrected chi connectivity index (χ2v) is 8.82. The fourth-order valence-corrected chi connectivity index (χ4v) is 3.52. The van der Waals surface area contributed by atoms with Crippen LogP contribution < -0.4 is 9.47 Å². The second-order valence-electron chi connectivity index (χ2n) is 8.82. The van der Waals surface area contributed by atoms with E-state index in [1.54, 1.807) is 43.3 Å². The summed E-state index contributed by atoms with van der Waals surface area (Å²) in [5, 5.41) is 0. The molecule has 3 aromatic rings. The van der Waals surface area contributed by atoms with Gasteiger partial charge in [-0.1, -0.05) is 45.0 Å². The van der Waals surface area contributed by atoms with Gasteiger partial charge in [-0.05, 0) is 65.4 Å². The van der Waals surface area contributed by atoms with Crippen molar-refractivity contribution in [3.05, 3.63) is 100 Å². The van der Waals surface area contributed by atoms with Crippen LogP contribution in [0.15, 0.2) is 66.4 Å². The number of esters is 1. The number of Topliss-reactive ketones (excluding diaryl/α,β-unsaturated/α-hetero) is 1. The summed E-state index contributed by atoms with van der Waals surface area (Å²) in [5.41, 5.74) is 3.25. The minimum absolute atomic E-state index is 0.0114. The molecule has 0 amide bonds. The molecule has 162 valence electrons. The number of fused-ring (bicyclic) bond motifs is 1. The van der Waals surface area contributed by atoms with E-state index in [2.05, 4.69) is 20.8 Å². The number of allylic oxidation sites excluding steroid dienone is 1. The molecular weight excluding hydrogens is 407 g/mol. The first-order valence-corrected chi connectivity index (χ1v) is 10.3. The zero-order valence-corrected chi connectivity index (χ0v) is 18.4. The SMILES string of the molecule is Cc1cc(OC(=O)c2ccc(C(C)(C)C)cc2)cc2c1C(=O)/C(=C/c1ccc(F)cc1)O2. The molecule has 3 aromatic carbocycles. The van der Waals surface area contributed by atoms with Crippen LogP contribution in [-0.2, 0) is 5.41 Å². The zero-order valence-electron chi connectivity index (χ0n) is 18.4. The first-order valence-electron chi connectivity index (χ1n) is 10.3. The van der Waals surface area contributed by atoms with Gasteiger partial charge in [0.05, 0.1) is 11.1 Å². The van der Waals surface area contributed by atoms with Crippen molar-refractivity contribution in [2.75, 3.05) is 0 Å². The molecule has 0 aromatic heterocycles. The average Bonchev–Trinajstić information content (AvgIpc) is 3.04. The molecule has 0 N–H and O–H groups in total. The highest BCUT2D eigenvalue weighted by Crippen LogP contribution is 2.37. The highest BCUT2D eigenvalue weighted by Gasteiger charge is 2.30. The molecule has 0 fully saturated rings. The van der Waals surface area contributed by atoms with Crippen LogP contribution in [-0.4, -0.2) is 11.8 Å². The average molecular weight is 430 g/mol. The van der Waals surface area contributed by atoms with E-state index >= 15 is 0 Å². The molecule has 0 spiro atoms. The minimum atomic E-state index is -0.490. The summed E-state index contributed by atoms with van der Waals surface area (Å²) in [6.45, 7) is 8.07. The van der Waals surface area contributed by atoms with Gasteiger partial charge in [0.25, 0.3) is 0 Å². The van der Waals surface area contributed by atoms with E-state index in [9.17, 15) is 14.0 Å². The van der Waals surface area contributed by atoms with E-state index in [-0.39, 0.29) is 22.8 Å². The molecule has 0 radical (unpaired) electrons. The topological polar surface area (TPSA) is 52.6 Å². The Hall–Kier alpha value is -3.73. The lowest BCUT2D eigenvalue weighted by Crippen LogP contribution is -2.13. The molecule has 4 nitrogen and oxygen atoms in total. The van der Waals surface area contributed by atoms with Crippen LogP contribution in [0.5, 0.6) is 11.5 Å². The molecule has 0 unspecified atom stereocenters. The molecule has 0 bridgehead atoms. The fraction of sp³-hybridized carbons (Fsp3) is 0.185. The number of carbonyl (C=O) groups is 2. The van der Waals surface area contributed by atoms with Crippen molar-refractivity contribution in [1.82, 2.24) is 0 Å². The normalized spacial score (nSPS) is 14.3. The molecule has 1 aliphatic rings. The van der Waals surface area contributed by atoms with E-state index in [0.717, 1.165) is 5.56 Å². The maximum atomic E-state index is 13.1. The Morgan fingerprint density at radius 2 is 1.66 bits per heavy atom. The van der Waals surface area contributed by atoms with Gasteiger partial charge in [-0.3, -0.25) is 4.79 Å². The third-order valence-corrected chi connectivity index (χ3v) is 5.31. The highest BCUT2D eigenvalue weighted by molar-refractivity contribution is 6.15. The minimum Gasteiger partial charge on any atom is -0.452 e. The monoisotopic (exact) mass is 430 g/mol. The largest absolute Gasteiger partial charge is 0.452 e. The maximum absolute atomic E-state index is 13.1. The predicted molar refractivity (Wildman–Crippen MR) is 121 cm³/mol. The van der Waals surface area contributed by atoms with Crippen LogP contribution in [0.3, 0.4) is 0 Å². The van der Waals surface area contributed by atoms with Crippen molar-refractivity contribution in [1.29, 1.82) is 0 Å². The standard InChI is InChI=1S/C27H23FO4/c1-16-13-21(31-26(30)18-7-9-19(10-8-18)27(2,3)4)15-22-24(16)25(29)23(32-22)14-17-5-11-20(28)12-6-17/h5-15H,1-4H3/b23-14-. The molecule has 0 aliphatic carbocycles. The Kier molecular flexibility index (Phi) is 5.43. The summed E-state index contributed by atoms with van der Waals surface area (Å²) in [6, 6.07) is 16.2. The molecule has 32 heavy (non-hydrogen) atoms. The predicted octanol–water partition coefficient (Wildman–Crippen LogP) is 6.27. The molecule has 4 rings (SSSR count). The molecule has 0 atom stereocenters. The van der Waals surface area contributed by atoms with Crippen LogP contribution in [0, 0.1) is 12.7 Å². The Bertz CT molecular complexity index is 1230. The Labute approximate surface area is 186 Å². The van der Waals surface area contributed by atoms with Gasteiger partial charge in [0.15, 0.2) is 5.76 Å². The number of carbonyl (C=O) groups excluding carboxylic acids is 2. The van der Waals surface area contributed by atoms with Gasteiger partial charge in [0.2, 0.25) is 5.78 Å². The van der Waals surface area contributed by atoms with Crippen LogP contribution in [0.4, 0.5) is 4.39 Å². The number of ether oxygens (including phenoxy) is 2. The van der Waals surface area contributed by atoms with Crippen molar-refractivity contribution in [3.8, 4) is 11.5 Å². The Balaban J connectivity index is 1.55. The number of hydrogen-bond donors (Lipinski definition) is 0. The van der Waals surface area contributed by atoms with Crippen LogP contribution in [0.25, 0.3) is 6.08 Å². The van der Waals surface area contributed by atoms with Gasteiger partial charge in [0, 0.05) is 6.07 Å². The Morgan fingerprint density at radius 3 is 2.28 bits per heavy atom. The van der Waals surface area contributed by atoms with Crippen molar-refractivity contribution < 1.29 is 23.5 Å². The summed E-state index contributed by atoms with van der Waals surface area (Å²) in [7, 11) is 0. The summed E-state index contributed by atoms with van der Waals surface area (Å²) >= 11 is 0. The van der Waals surface area contributed by atoms with E-state index < -0.39 is 5.97 Å². The quantitative estimate of drug-likeness (QED) is 0.279. The molecular formula is C27H23FO4. The summed E-state index contributed by atoms with van der Waals surface area (Å²) in [4.78, 5) is 25.4. The van der Waals surface area contributed by atoms with Crippen molar-refractivity contribution >= 4 is 17.8 Å². The van der Waals surface area contributed by atoms with Gasteiger partial charge >= 0.3 is 5.97 Å². The first kappa shape index (κ1) is 21.5. The third-order valence-electron chi connectivity index (χ3n) is 5.31. The van der Waals surface area contributed by atoms with Crippen molar-refractivity contribution in [2.24, 2.45) is 0 Å². The summed E-state index contributed by atoms with van der Waals surface area (Å²) in [5.74, 6) is -0.356. The zero-order chi connectivity index (χ0) is 23.0. The van der Waals surface area contributed by atoms with Crippen LogP contribution >= 0.6 is 0 Å². The molecule has 1 aliphatic heterocycles. The van der Waals surface area contributed by atoms with E-state index in [4.69, 9.17) is 9.47 Å². The smallest absolute Gasteiger partial charge is 0.343 e. The van der Waals surface area contributed by atoms with Crippen LogP contribution in [0.1, 0.15) is 58.2 Å². The third kappa shape index (κ3) is 4.33. The van der Waals surface area contributed by atoms with Gasteiger partial charge in [-0.15, -0.1) is 0 Å². The number of rotatable bonds is 3. The van der Waals surface area contributed by atoms with Crippen molar-refractivity contribution in [3.63, 3.8) is 0 Å². The summed E-state index contributed by atoms with van der Waals surface area (Å²) in [6.07, 6.45) is 1.56. The number of hydrogen-bond acceptors (Lipinski definition) is 4. The lowest BCUT2D eigenvalue weighted by molar-refractivity contribution is 0.0734. The molecule has 0 saturated heterocycles. The van der Waals surface area contributed by atoms with Crippen molar-refractivity contribution in [2.45, 2.75) is 33.1 Å². The van der Waals surface area contributed by atoms with Gasteiger partial charge in [0.1, 0.15) is 17.3 Å². The number of benzene rings is 3. The number of halogens is 1. The fourth-order valence-electron chi connectivity index (χ4n) is 3.52. The summed E-state index contributed by atoms with van der Waals surface area (Å²) < 4.78 is 24.4. The molecule has 0 saturated carbocycles.